The van der Waals surface area contributed by atoms with Crippen molar-refractivity contribution in [2.45, 2.75) is 31.2 Å². The van der Waals surface area contributed by atoms with Gasteiger partial charge in [-0.15, -0.1) is 0 Å². The van der Waals surface area contributed by atoms with Crippen molar-refractivity contribution in [3.05, 3.63) is 24.3 Å². The maximum Gasteiger partial charge on any atom is 0.330 e. The Kier molecular flexibility index (Phi) is 2.67. The first-order valence-corrected chi connectivity index (χ1v) is 5.42. The van der Waals surface area contributed by atoms with Gasteiger partial charge in [0.1, 0.15) is 11.7 Å². The second-order valence-electron chi connectivity index (χ2n) is 4.30. The van der Waals surface area contributed by atoms with Crippen LogP contribution in [0.15, 0.2) is 24.3 Å². The summed E-state index contributed by atoms with van der Waals surface area (Å²) in [6, 6.07) is 0. The zero-order chi connectivity index (χ0) is 12.7. The summed E-state index contributed by atoms with van der Waals surface area (Å²) in [4.78, 5) is 22.8. The minimum absolute atomic E-state index is 0.269. The van der Waals surface area contributed by atoms with Crippen LogP contribution in [0, 0.1) is 0 Å². The van der Waals surface area contributed by atoms with E-state index in [0.29, 0.717) is 0 Å². The van der Waals surface area contributed by atoms with Gasteiger partial charge in [0, 0.05) is 6.08 Å². The van der Waals surface area contributed by atoms with Crippen molar-refractivity contribution in [3.8, 4) is 0 Å². The standard InChI is InChI=1S/C12H14O5/c1-3-16-9(14)5-7-12-8(13)4-6-11(2,15)10(12)17-12/h4-7,10,15H,3H2,1-2H3/b7-5+/t10-,11-,12+/m1/s1. The molecule has 2 rings (SSSR count). The van der Waals surface area contributed by atoms with E-state index >= 15 is 0 Å². The Morgan fingerprint density at radius 3 is 3.06 bits per heavy atom. The van der Waals surface area contributed by atoms with Gasteiger partial charge in [-0.05, 0) is 32.1 Å². The van der Waals surface area contributed by atoms with Gasteiger partial charge >= 0.3 is 5.97 Å². The molecule has 5 nitrogen and oxygen atoms in total. The van der Waals surface area contributed by atoms with E-state index in [0.717, 1.165) is 6.08 Å². The van der Waals surface area contributed by atoms with Gasteiger partial charge in [-0.1, -0.05) is 0 Å². The second kappa shape index (κ2) is 3.78. The van der Waals surface area contributed by atoms with Gasteiger partial charge in [-0.3, -0.25) is 4.79 Å². The summed E-state index contributed by atoms with van der Waals surface area (Å²) in [5.74, 6) is -0.798. The summed E-state index contributed by atoms with van der Waals surface area (Å²) in [6.45, 7) is 3.52. The predicted molar refractivity (Wildman–Crippen MR) is 58.1 cm³/mol. The molecule has 3 atom stereocenters. The monoisotopic (exact) mass is 238 g/mol. The van der Waals surface area contributed by atoms with Crippen molar-refractivity contribution in [3.63, 3.8) is 0 Å². The lowest BCUT2D eigenvalue weighted by atomic mass is 9.83. The number of rotatable bonds is 3. The van der Waals surface area contributed by atoms with E-state index in [1.165, 1.54) is 18.2 Å². The minimum atomic E-state index is -1.19. The Morgan fingerprint density at radius 2 is 2.41 bits per heavy atom. The fourth-order valence-corrected chi connectivity index (χ4v) is 1.95. The number of hydrogen-bond acceptors (Lipinski definition) is 5. The number of carbonyl (C=O) groups excluding carboxylic acids is 2. The Balaban J connectivity index is 2.15. The molecule has 1 heterocycles. The molecule has 0 aromatic heterocycles. The number of ketones is 1. The van der Waals surface area contributed by atoms with Crippen LogP contribution in [0.1, 0.15) is 13.8 Å². The fourth-order valence-electron chi connectivity index (χ4n) is 1.95. The Hall–Kier alpha value is -1.46. The van der Waals surface area contributed by atoms with Crippen molar-refractivity contribution in [2.24, 2.45) is 0 Å². The van der Waals surface area contributed by atoms with Crippen molar-refractivity contribution >= 4 is 11.8 Å². The highest BCUT2D eigenvalue weighted by Crippen LogP contribution is 2.48. The largest absolute Gasteiger partial charge is 0.463 e. The van der Waals surface area contributed by atoms with Gasteiger partial charge < -0.3 is 14.6 Å². The molecule has 1 saturated heterocycles. The molecule has 0 saturated carbocycles. The molecule has 1 aliphatic heterocycles. The summed E-state index contributed by atoms with van der Waals surface area (Å²) in [6.07, 6.45) is 4.58. The van der Waals surface area contributed by atoms with Crippen LogP contribution in [0.2, 0.25) is 0 Å². The average molecular weight is 238 g/mol. The smallest absolute Gasteiger partial charge is 0.330 e. The van der Waals surface area contributed by atoms with Crippen molar-refractivity contribution in [1.82, 2.24) is 0 Å². The number of esters is 1. The van der Waals surface area contributed by atoms with Crippen LogP contribution in [0.25, 0.3) is 0 Å². The maximum atomic E-state index is 11.7. The molecule has 5 heteroatoms. The molecule has 92 valence electrons. The molecule has 0 aromatic rings. The van der Waals surface area contributed by atoms with Crippen molar-refractivity contribution < 1.29 is 24.2 Å². The lowest BCUT2D eigenvalue weighted by Gasteiger charge is -2.21. The minimum Gasteiger partial charge on any atom is -0.463 e. The lowest BCUT2D eigenvalue weighted by molar-refractivity contribution is -0.137. The third-order valence-corrected chi connectivity index (χ3v) is 2.89. The average Bonchev–Trinajstić information content (AvgIpc) is 3.00. The van der Waals surface area contributed by atoms with Crippen molar-refractivity contribution in [2.75, 3.05) is 6.61 Å². The third-order valence-electron chi connectivity index (χ3n) is 2.89. The number of ether oxygens (including phenoxy) is 2. The van der Waals surface area contributed by atoms with E-state index in [2.05, 4.69) is 0 Å². The highest BCUT2D eigenvalue weighted by molar-refractivity contribution is 6.04. The SMILES string of the molecule is CCOC(=O)/C=C/[C@@]12O[C@@H]1[C@](C)(O)C=CC2=O. The summed E-state index contributed by atoms with van der Waals surface area (Å²) >= 11 is 0. The number of carbonyl (C=O) groups is 2. The molecule has 1 fully saturated rings. The van der Waals surface area contributed by atoms with Crippen LogP contribution in [0.5, 0.6) is 0 Å². The van der Waals surface area contributed by atoms with Crippen LogP contribution in [0.3, 0.4) is 0 Å². The predicted octanol–water partition coefficient (Wildman–Crippen LogP) is 0.133. The third kappa shape index (κ3) is 1.92. The molecule has 2 aliphatic rings. The topological polar surface area (TPSA) is 76.1 Å². The van der Waals surface area contributed by atoms with Crippen LogP contribution in [-0.2, 0) is 19.1 Å². The fraction of sp³-hybridized carbons (Fsp3) is 0.500. The highest BCUT2D eigenvalue weighted by atomic mass is 16.6. The summed E-state index contributed by atoms with van der Waals surface area (Å²) in [5, 5.41) is 9.92. The first-order valence-electron chi connectivity index (χ1n) is 5.42. The van der Waals surface area contributed by atoms with Crippen LogP contribution in [0.4, 0.5) is 0 Å². The van der Waals surface area contributed by atoms with Gasteiger partial charge in [0.25, 0.3) is 0 Å². The molecule has 1 aliphatic carbocycles. The first-order chi connectivity index (χ1) is 7.92. The Labute approximate surface area is 98.7 Å². The van der Waals surface area contributed by atoms with Gasteiger partial charge in [0.05, 0.1) is 6.61 Å². The Bertz CT molecular complexity index is 421. The lowest BCUT2D eigenvalue weighted by Crippen LogP contribution is -2.40. The molecule has 0 aromatic carbocycles. The number of aliphatic hydroxyl groups is 1. The number of hydrogen-bond donors (Lipinski definition) is 1. The quantitative estimate of drug-likeness (QED) is 0.430. The number of fused-ring (bicyclic) bond motifs is 1. The van der Waals surface area contributed by atoms with Gasteiger partial charge in [-0.25, -0.2) is 4.79 Å². The molecule has 0 bridgehead atoms. The van der Waals surface area contributed by atoms with Gasteiger partial charge in [-0.2, -0.15) is 0 Å². The number of epoxide rings is 1. The molecule has 0 radical (unpaired) electrons. The van der Waals surface area contributed by atoms with Gasteiger partial charge in [0.2, 0.25) is 0 Å². The van der Waals surface area contributed by atoms with Crippen molar-refractivity contribution in [1.29, 1.82) is 0 Å². The molecule has 17 heavy (non-hydrogen) atoms. The molecule has 1 N–H and O–H groups in total. The summed E-state index contributed by atoms with van der Waals surface area (Å²) in [5.41, 5.74) is -2.38. The van der Waals surface area contributed by atoms with E-state index in [1.807, 2.05) is 0 Å². The summed E-state index contributed by atoms with van der Waals surface area (Å²) in [7, 11) is 0. The van der Waals surface area contributed by atoms with Gasteiger partial charge in [0.15, 0.2) is 11.4 Å². The van der Waals surface area contributed by atoms with Crippen LogP contribution in [-0.4, -0.2) is 40.8 Å². The molecule has 0 unspecified atom stereocenters. The maximum absolute atomic E-state index is 11.7. The molecular formula is C12H14O5. The van der Waals surface area contributed by atoms with E-state index in [-0.39, 0.29) is 12.4 Å². The summed E-state index contributed by atoms with van der Waals surface area (Å²) < 4.78 is 9.98. The molecule has 0 spiro atoms. The highest BCUT2D eigenvalue weighted by Gasteiger charge is 2.68. The second-order valence-corrected chi connectivity index (χ2v) is 4.30. The molecule has 0 amide bonds. The van der Waals surface area contributed by atoms with E-state index in [1.54, 1.807) is 13.8 Å². The Morgan fingerprint density at radius 1 is 1.71 bits per heavy atom. The van der Waals surface area contributed by atoms with E-state index in [9.17, 15) is 14.7 Å². The first kappa shape index (κ1) is 12.0. The zero-order valence-corrected chi connectivity index (χ0v) is 9.67. The van der Waals surface area contributed by atoms with E-state index < -0.39 is 23.3 Å². The zero-order valence-electron chi connectivity index (χ0n) is 9.67. The normalized spacial score (nSPS) is 39.2. The molecular weight excluding hydrogens is 224 g/mol. The van der Waals surface area contributed by atoms with Crippen LogP contribution >= 0.6 is 0 Å². The van der Waals surface area contributed by atoms with E-state index in [4.69, 9.17) is 9.47 Å². The van der Waals surface area contributed by atoms with Crippen LogP contribution < -0.4 is 0 Å².